The molecule has 0 amide bonds. The van der Waals surface area contributed by atoms with Crippen molar-refractivity contribution < 1.29 is 13.0 Å². The van der Waals surface area contributed by atoms with Crippen LogP contribution in [0.15, 0.2) is 89.8 Å². The predicted molar refractivity (Wildman–Crippen MR) is 93.8 cm³/mol. The third-order valence-corrected chi connectivity index (χ3v) is 9.42. The molecule has 3 nitrogen and oxygen atoms in total. The van der Waals surface area contributed by atoms with Crippen molar-refractivity contribution in [2.24, 2.45) is 0 Å². The van der Waals surface area contributed by atoms with E-state index in [0.29, 0.717) is 0 Å². The Labute approximate surface area is 140 Å². The molecular formula is C18H15AsO3S. The van der Waals surface area contributed by atoms with Crippen LogP contribution in [0.3, 0.4) is 0 Å². The predicted octanol–water partition coefficient (Wildman–Crippen LogP) is 1.45. The molecule has 0 saturated carbocycles. The molecule has 3 aromatic carbocycles. The molecule has 23 heavy (non-hydrogen) atoms. The summed E-state index contributed by atoms with van der Waals surface area (Å²) in [5, 5.41) is 0. The average Bonchev–Trinajstić information content (AvgIpc) is 2.57. The Bertz CT molecular complexity index is 837. The summed E-state index contributed by atoms with van der Waals surface area (Å²) in [5.41, 5.74) is 0. The number of hydrogen-bond acceptors (Lipinski definition) is 2. The van der Waals surface area contributed by atoms with Gasteiger partial charge in [0.2, 0.25) is 0 Å². The van der Waals surface area contributed by atoms with Crippen LogP contribution in [0.2, 0.25) is 0 Å². The molecule has 0 bridgehead atoms. The van der Waals surface area contributed by atoms with Crippen molar-refractivity contribution in [1.82, 2.24) is 0 Å². The average molecular weight is 386 g/mol. The van der Waals surface area contributed by atoms with Crippen molar-refractivity contribution in [2.45, 2.75) is 4.90 Å². The fourth-order valence-electron chi connectivity index (χ4n) is 2.37. The topological polar surface area (TPSA) is 54.4 Å². The van der Waals surface area contributed by atoms with E-state index < -0.39 is 24.8 Å². The minimum absolute atomic E-state index is 0.0728. The Morgan fingerprint density at radius 3 is 1.39 bits per heavy atom. The molecule has 0 unspecified atom stereocenters. The van der Waals surface area contributed by atoms with Crippen molar-refractivity contribution in [2.75, 3.05) is 0 Å². The van der Waals surface area contributed by atoms with Gasteiger partial charge in [0, 0.05) is 0 Å². The van der Waals surface area contributed by atoms with Crippen LogP contribution in [0, 0.1) is 0 Å². The van der Waals surface area contributed by atoms with Gasteiger partial charge in [0.05, 0.1) is 0 Å². The zero-order chi connectivity index (χ0) is 16.3. The molecule has 1 N–H and O–H groups in total. The van der Waals surface area contributed by atoms with Gasteiger partial charge in [-0.05, 0) is 0 Å². The molecule has 0 fully saturated rings. The molecule has 3 rings (SSSR count). The molecule has 0 heterocycles. The molecule has 0 aliphatic rings. The number of benzene rings is 3. The first-order valence-electron chi connectivity index (χ1n) is 7.03. The summed E-state index contributed by atoms with van der Waals surface area (Å²) in [6.45, 7) is 0. The van der Waals surface area contributed by atoms with Crippen LogP contribution in [0.4, 0.5) is 0 Å². The molecular weight excluding hydrogens is 371 g/mol. The molecule has 0 spiro atoms. The monoisotopic (exact) mass is 386 g/mol. The van der Waals surface area contributed by atoms with Gasteiger partial charge in [-0.2, -0.15) is 0 Å². The summed E-state index contributed by atoms with van der Waals surface area (Å²) in [5.74, 6) is 0. The Balaban J connectivity index is 2.09. The van der Waals surface area contributed by atoms with Crippen molar-refractivity contribution in [3.05, 3.63) is 84.9 Å². The first-order valence-corrected chi connectivity index (χ1v) is 11.3. The van der Waals surface area contributed by atoms with E-state index in [2.05, 4.69) is 24.3 Å². The molecule has 0 atom stereocenters. The van der Waals surface area contributed by atoms with Gasteiger partial charge in [-0.15, -0.1) is 0 Å². The van der Waals surface area contributed by atoms with E-state index in [1.807, 2.05) is 48.5 Å². The number of rotatable bonds is 4. The first kappa shape index (κ1) is 16.0. The van der Waals surface area contributed by atoms with Crippen molar-refractivity contribution in [3.63, 3.8) is 0 Å². The van der Waals surface area contributed by atoms with E-state index in [0.717, 1.165) is 4.35 Å². The fourth-order valence-corrected chi connectivity index (χ4v) is 7.64. The standard InChI is InChI=1S/C18H15AsO3S/c20-23(21,22)18-13-11-17(12-14-18)19(15-7-3-1-4-8-15)16-9-5-2-6-10-16/h1-14H,(H,20,21,22). The third-order valence-electron chi connectivity index (χ3n) is 3.42. The normalized spacial score (nSPS) is 11.6. The van der Waals surface area contributed by atoms with E-state index in [-0.39, 0.29) is 4.90 Å². The van der Waals surface area contributed by atoms with Crippen molar-refractivity contribution in [1.29, 1.82) is 0 Å². The fraction of sp³-hybridized carbons (Fsp3) is 0. The van der Waals surface area contributed by atoms with Crippen LogP contribution in [0.1, 0.15) is 0 Å². The van der Waals surface area contributed by atoms with Crippen LogP contribution in [0.25, 0.3) is 0 Å². The van der Waals surface area contributed by atoms with E-state index in [4.69, 9.17) is 4.55 Å². The second-order valence-electron chi connectivity index (χ2n) is 4.98. The van der Waals surface area contributed by atoms with Gasteiger partial charge in [-0.3, -0.25) is 0 Å². The Hall–Kier alpha value is -1.87. The van der Waals surface area contributed by atoms with E-state index >= 15 is 0 Å². The quantitative estimate of drug-likeness (QED) is 0.546. The van der Waals surface area contributed by atoms with Crippen LogP contribution < -0.4 is 13.1 Å². The van der Waals surface area contributed by atoms with Crippen LogP contribution in [0.5, 0.6) is 0 Å². The van der Waals surface area contributed by atoms with Crippen molar-refractivity contribution >= 4 is 37.8 Å². The maximum absolute atomic E-state index is 11.2. The van der Waals surface area contributed by atoms with E-state index in [1.165, 1.54) is 20.8 Å². The van der Waals surface area contributed by atoms with Gasteiger partial charge >= 0.3 is 141 Å². The van der Waals surface area contributed by atoms with Gasteiger partial charge in [0.1, 0.15) is 0 Å². The molecule has 0 radical (unpaired) electrons. The second kappa shape index (κ2) is 6.71. The summed E-state index contributed by atoms with van der Waals surface area (Å²) in [6, 6.07) is 27.1. The molecule has 116 valence electrons. The number of hydrogen-bond donors (Lipinski definition) is 1. The summed E-state index contributed by atoms with van der Waals surface area (Å²) in [6.07, 6.45) is 0. The molecule has 0 aromatic heterocycles. The molecule has 0 aliphatic carbocycles. The van der Waals surface area contributed by atoms with Gasteiger partial charge < -0.3 is 0 Å². The Morgan fingerprint density at radius 2 is 1.00 bits per heavy atom. The summed E-state index contributed by atoms with van der Waals surface area (Å²) in [4.78, 5) is -0.0728. The molecule has 3 aromatic rings. The zero-order valence-corrected chi connectivity index (χ0v) is 14.9. The third kappa shape index (κ3) is 3.73. The second-order valence-corrected chi connectivity index (χ2v) is 11.1. The summed E-state index contributed by atoms with van der Waals surface area (Å²) in [7, 11) is -4.16. The van der Waals surface area contributed by atoms with E-state index in [1.54, 1.807) is 0 Å². The molecule has 0 saturated heterocycles. The zero-order valence-electron chi connectivity index (χ0n) is 12.2. The Kier molecular flexibility index (Phi) is 4.67. The summed E-state index contributed by atoms with van der Waals surface area (Å²) < 4.78 is 35.2. The maximum atomic E-state index is 11.2. The van der Waals surface area contributed by atoms with Gasteiger partial charge in [0.15, 0.2) is 0 Å². The van der Waals surface area contributed by atoms with Gasteiger partial charge in [0.25, 0.3) is 0 Å². The SMILES string of the molecule is O=S(=O)(O)c1ccc([As](c2ccccc2)c2ccccc2)cc1. The van der Waals surface area contributed by atoms with Gasteiger partial charge in [-0.25, -0.2) is 0 Å². The molecule has 5 heteroatoms. The van der Waals surface area contributed by atoms with Crippen molar-refractivity contribution in [3.8, 4) is 0 Å². The Morgan fingerprint density at radius 1 is 0.609 bits per heavy atom. The van der Waals surface area contributed by atoms with Crippen LogP contribution in [-0.4, -0.2) is 27.6 Å². The minimum atomic E-state index is -4.16. The van der Waals surface area contributed by atoms with E-state index in [9.17, 15) is 8.42 Å². The van der Waals surface area contributed by atoms with Crippen LogP contribution in [-0.2, 0) is 10.1 Å². The molecule has 0 aliphatic heterocycles. The van der Waals surface area contributed by atoms with Crippen LogP contribution >= 0.6 is 0 Å². The van der Waals surface area contributed by atoms with Gasteiger partial charge in [-0.1, -0.05) is 0 Å². The first-order chi connectivity index (χ1) is 11.1. The summed E-state index contributed by atoms with van der Waals surface area (Å²) >= 11 is -1.74.